The second-order valence-electron chi connectivity index (χ2n) is 10.5. The number of para-hydroxylation sites is 1. The van der Waals surface area contributed by atoms with Crippen LogP contribution < -0.4 is 31.2 Å². The second-order valence-corrected chi connectivity index (χ2v) is 14.7. The molecule has 0 fully saturated rings. The van der Waals surface area contributed by atoms with Crippen molar-refractivity contribution in [2.45, 2.75) is 32.4 Å². The van der Waals surface area contributed by atoms with Gasteiger partial charge in [0.1, 0.15) is 5.75 Å². The summed E-state index contributed by atoms with van der Waals surface area (Å²) in [6.07, 6.45) is 0. The van der Waals surface area contributed by atoms with E-state index in [1.54, 1.807) is 12.1 Å². The minimum absolute atomic E-state index is 0.188. The third kappa shape index (κ3) is 4.35. The molecule has 6 nitrogen and oxygen atoms in total. The van der Waals surface area contributed by atoms with Gasteiger partial charge in [-0.15, -0.1) is 0 Å². The van der Waals surface area contributed by atoms with E-state index in [1.165, 1.54) is 10.4 Å². The molecule has 0 aromatic heterocycles. The number of hydrogen-bond acceptors (Lipinski definition) is 5. The zero-order valence-corrected chi connectivity index (χ0v) is 22.7. The van der Waals surface area contributed by atoms with Crippen molar-refractivity contribution in [3.63, 3.8) is 0 Å². The maximum atomic E-state index is 12.5. The number of anilines is 2. The monoisotopic (exact) mass is 521 g/mol. The number of nitrogens with one attached hydrogen (secondary N) is 2. The fourth-order valence-corrected chi connectivity index (χ4v) is 9.69. The van der Waals surface area contributed by atoms with Gasteiger partial charge in [0.25, 0.3) is 11.8 Å². The SMILES string of the molecule is CC(C)(C)[Si](Oc1ccccc1CNc1ccc(N)c2c1C(=O)NC2=O)(c1ccccc1)c1ccccc1. The van der Waals surface area contributed by atoms with Gasteiger partial charge in [-0.05, 0) is 33.6 Å². The van der Waals surface area contributed by atoms with Gasteiger partial charge in [0.2, 0.25) is 0 Å². The molecule has 4 N–H and O–H groups in total. The largest absolute Gasteiger partial charge is 0.534 e. The summed E-state index contributed by atoms with van der Waals surface area (Å²) in [5, 5.41) is 7.88. The zero-order chi connectivity index (χ0) is 26.9. The lowest BCUT2D eigenvalue weighted by Crippen LogP contribution is -2.68. The molecule has 38 heavy (non-hydrogen) atoms. The first-order valence-corrected chi connectivity index (χ1v) is 14.5. The fourth-order valence-electron chi connectivity index (χ4n) is 5.23. The maximum absolute atomic E-state index is 12.5. The highest BCUT2D eigenvalue weighted by molar-refractivity contribution is 7.00. The average Bonchev–Trinajstić information content (AvgIpc) is 3.22. The quantitative estimate of drug-likeness (QED) is 0.186. The molecule has 0 atom stereocenters. The number of imide groups is 1. The van der Waals surface area contributed by atoms with Crippen LogP contribution in [-0.4, -0.2) is 20.1 Å². The molecule has 0 saturated carbocycles. The van der Waals surface area contributed by atoms with Gasteiger partial charge in [-0.1, -0.05) is 99.6 Å². The van der Waals surface area contributed by atoms with E-state index in [1.807, 2.05) is 36.4 Å². The summed E-state index contributed by atoms with van der Waals surface area (Å²) in [6, 6.07) is 32.3. The number of fused-ring (bicyclic) bond motifs is 1. The van der Waals surface area contributed by atoms with Crippen LogP contribution in [0.15, 0.2) is 97.1 Å². The van der Waals surface area contributed by atoms with E-state index in [-0.39, 0.29) is 21.9 Å². The highest BCUT2D eigenvalue weighted by atomic mass is 28.4. The van der Waals surface area contributed by atoms with Gasteiger partial charge in [-0.25, -0.2) is 0 Å². The summed E-state index contributed by atoms with van der Waals surface area (Å²) < 4.78 is 7.25. The Kier molecular flexibility index (Phi) is 6.55. The van der Waals surface area contributed by atoms with E-state index >= 15 is 0 Å². The molecular weight excluding hydrogens is 490 g/mol. The molecule has 2 amide bonds. The molecule has 5 rings (SSSR count). The van der Waals surface area contributed by atoms with Crippen molar-refractivity contribution < 1.29 is 14.0 Å². The predicted octanol–water partition coefficient (Wildman–Crippen LogP) is 4.70. The summed E-state index contributed by atoms with van der Waals surface area (Å²) in [5.74, 6) is -0.139. The van der Waals surface area contributed by atoms with Crippen LogP contribution in [0.1, 0.15) is 47.1 Å². The summed E-state index contributed by atoms with van der Waals surface area (Å²) in [5.41, 5.74) is 8.26. The van der Waals surface area contributed by atoms with Crippen molar-refractivity contribution in [2.24, 2.45) is 0 Å². The number of carbonyl (C=O) groups is 2. The minimum atomic E-state index is -2.83. The molecule has 192 valence electrons. The molecule has 0 bridgehead atoms. The minimum Gasteiger partial charge on any atom is -0.534 e. The number of hydrogen-bond donors (Lipinski definition) is 3. The topological polar surface area (TPSA) is 93.4 Å². The summed E-state index contributed by atoms with van der Waals surface area (Å²) >= 11 is 0. The first kappa shape index (κ1) is 25.3. The molecule has 0 saturated heterocycles. The van der Waals surface area contributed by atoms with Crippen LogP contribution in [0, 0.1) is 0 Å². The molecule has 1 heterocycles. The van der Waals surface area contributed by atoms with Crippen LogP contribution in [0.3, 0.4) is 0 Å². The van der Waals surface area contributed by atoms with Crippen LogP contribution in [0.5, 0.6) is 5.75 Å². The van der Waals surface area contributed by atoms with Crippen LogP contribution in [0.4, 0.5) is 11.4 Å². The Balaban J connectivity index is 1.56. The summed E-state index contributed by atoms with van der Waals surface area (Å²) in [7, 11) is -2.83. The summed E-state index contributed by atoms with van der Waals surface area (Å²) in [4.78, 5) is 24.7. The fraction of sp³-hybridized carbons (Fsp3) is 0.161. The van der Waals surface area contributed by atoms with Crippen LogP contribution in [0.25, 0.3) is 0 Å². The normalized spacial score (nSPS) is 13.1. The highest BCUT2D eigenvalue weighted by Gasteiger charge is 2.52. The Morgan fingerprint density at radius 3 is 1.92 bits per heavy atom. The number of rotatable bonds is 7. The van der Waals surface area contributed by atoms with E-state index in [4.69, 9.17) is 10.2 Å². The zero-order valence-electron chi connectivity index (χ0n) is 21.7. The van der Waals surface area contributed by atoms with Gasteiger partial charge in [0.15, 0.2) is 0 Å². The first-order valence-electron chi connectivity index (χ1n) is 12.6. The first-order chi connectivity index (χ1) is 18.2. The van der Waals surface area contributed by atoms with E-state index in [0.29, 0.717) is 12.2 Å². The van der Waals surface area contributed by atoms with Crippen molar-refractivity contribution in [1.82, 2.24) is 5.32 Å². The molecule has 4 aromatic carbocycles. The van der Waals surface area contributed by atoms with Gasteiger partial charge in [-0.2, -0.15) is 0 Å². The van der Waals surface area contributed by atoms with E-state index in [0.717, 1.165) is 11.3 Å². The second kappa shape index (κ2) is 9.83. The van der Waals surface area contributed by atoms with E-state index in [9.17, 15) is 9.59 Å². The Hall–Kier alpha value is -4.36. The van der Waals surface area contributed by atoms with Gasteiger partial charge in [-0.3, -0.25) is 14.9 Å². The van der Waals surface area contributed by atoms with Crippen LogP contribution in [0.2, 0.25) is 5.04 Å². The number of amides is 2. The molecule has 0 spiro atoms. The molecule has 7 heteroatoms. The van der Waals surface area contributed by atoms with Gasteiger partial charge in [0.05, 0.1) is 11.1 Å². The number of nitrogen functional groups attached to an aromatic ring is 1. The molecule has 0 radical (unpaired) electrons. The lowest BCUT2D eigenvalue weighted by atomic mass is 10.0. The maximum Gasteiger partial charge on any atom is 0.319 e. The van der Waals surface area contributed by atoms with Crippen LogP contribution >= 0.6 is 0 Å². The lowest BCUT2D eigenvalue weighted by Gasteiger charge is -2.43. The van der Waals surface area contributed by atoms with E-state index in [2.05, 4.69) is 79.9 Å². The Bertz CT molecular complexity index is 1460. The molecule has 1 aliphatic heterocycles. The van der Waals surface area contributed by atoms with E-state index < -0.39 is 20.1 Å². The van der Waals surface area contributed by atoms with Crippen molar-refractivity contribution in [3.05, 3.63) is 114 Å². The Morgan fingerprint density at radius 1 is 0.763 bits per heavy atom. The molecule has 0 aliphatic carbocycles. The average molecular weight is 522 g/mol. The van der Waals surface area contributed by atoms with Gasteiger partial charge < -0.3 is 15.5 Å². The molecule has 4 aromatic rings. The van der Waals surface area contributed by atoms with Gasteiger partial charge >= 0.3 is 8.32 Å². The Labute approximate surface area is 224 Å². The third-order valence-electron chi connectivity index (χ3n) is 7.04. The standard InChI is InChI=1S/C31H31N3O3Si/c1-31(2,3)38(22-13-6-4-7-14-22,23-15-8-5-9-16-23)37-26-17-11-10-12-21(26)20-33-25-19-18-24(32)27-28(25)30(36)34-29(27)35/h4-19,33H,20,32H2,1-3H3,(H,34,35,36). The number of carbonyl (C=O) groups excluding carboxylic acids is 2. The highest BCUT2D eigenvalue weighted by Crippen LogP contribution is 2.38. The van der Waals surface area contributed by atoms with Crippen molar-refractivity contribution in [1.29, 1.82) is 0 Å². The predicted molar refractivity (Wildman–Crippen MR) is 155 cm³/mol. The van der Waals surface area contributed by atoms with Crippen molar-refractivity contribution in [3.8, 4) is 5.75 Å². The third-order valence-corrected chi connectivity index (χ3v) is 12.0. The van der Waals surface area contributed by atoms with Gasteiger partial charge in [0, 0.05) is 23.5 Å². The van der Waals surface area contributed by atoms with Crippen molar-refractivity contribution >= 4 is 41.9 Å². The summed E-state index contributed by atoms with van der Waals surface area (Å²) in [6.45, 7) is 7.13. The van der Waals surface area contributed by atoms with Crippen LogP contribution in [-0.2, 0) is 6.54 Å². The lowest BCUT2D eigenvalue weighted by molar-refractivity contribution is 0.0880. The number of benzene rings is 4. The number of nitrogens with two attached hydrogens (primary N) is 1. The molecule has 1 aliphatic rings. The smallest absolute Gasteiger partial charge is 0.319 e. The Morgan fingerprint density at radius 2 is 1.32 bits per heavy atom. The molecular formula is C31H31N3O3Si. The molecule has 0 unspecified atom stereocenters. The van der Waals surface area contributed by atoms with Crippen molar-refractivity contribution in [2.75, 3.05) is 11.1 Å².